The number of sulfonamides is 1. The van der Waals surface area contributed by atoms with Gasteiger partial charge in [-0.25, -0.2) is 8.78 Å². The number of benzene rings is 2. The lowest BCUT2D eigenvalue weighted by Crippen LogP contribution is -2.49. The van der Waals surface area contributed by atoms with E-state index < -0.39 is 21.7 Å². The van der Waals surface area contributed by atoms with Crippen LogP contribution in [0.3, 0.4) is 0 Å². The van der Waals surface area contributed by atoms with E-state index in [2.05, 4.69) is 9.30 Å². The predicted octanol–water partition coefficient (Wildman–Crippen LogP) is 2.79. The topological polar surface area (TPSA) is 53.0 Å². The summed E-state index contributed by atoms with van der Waals surface area (Å²) in [4.78, 5) is 4.29. The molecule has 0 aliphatic carbocycles. The number of halogens is 2. The van der Waals surface area contributed by atoms with Crippen LogP contribution in [0.15, 0.2) is 51.8 Å². The van der Waals surface area contributed by atoms with Crippen molar-refractivity contribution in [3.05, 3.63) is 65.2 Å². The molecule has 0 aromatic heterocycles. The van der Waals surface area contributed by atoms with Crippen LogP contribution in [0.1, 0.15) is 24.1 Å². The first-order valence-electron chi connectivity index (χ1n) is 8.75. The van der Waals surface area contributed by atoms with Crippen molar-refractivity contribution >= 4 is 15.9 Å². The largest absolute Gasteiger partial charge is 0.353 e. The molecule has 1 fully saturated rings. The predicted molar refractivity (Wildman–Crippen MR) is 98.1 cm³/mol. The molecular formula is C19H19F2N3O2S. The van der Waals surface area contributed by atoms with Gasteiger partial charge >= 0.3 is 0 Å². The molecule has 1 saturated heterocycles. The van der Waals surface area contributed by atoms with Gasteiger partial charge in [-0.15, -0.1) is 4.40 Å². The fourth-order valence-electron chi connectivity index (χ4n) is 3.67. The maximum atomic E-state index is 14.1. The Balaban J connectivity index is 1.50. The summed E-state index contributed by atoms with van der Waals surface area (Å²) >= 11 is 0. The Morgan fingerprint density at radius 3 is 2.44 bits per heavy atom. The lowest BCUT2D eigenvalue weighted by molar-refractivity contribution is 0.139. The van der Waals surface area contributed by atoms with E-state index in [0.717, 1.165) is 6.07 Å². The third kappa shape index (κ3) is 3.23. The maximum Gasteiger partial charge on any atom is 0.285 e. The van der Waals surface area contributed by atoms with Gasteiger partial charge in [0.2, 0.25) is 0 Å². The molecule has 2 aromatic carbocycles. The molecule has 1 atom stereocenters. The lowest BCUT2D eigenvalue weighted by Gasteiger charge is -2.39. The molecule has 27 heavy (non-hydrogen) atoms. The van der Waals surface area contributed by atoms with Gasteiger partial charge in [0, 0.05) is 49.4 Å². The maximum absolute atomic E-state index is 14.1. The second-order valence-electron chi connectivity index (χ2n) is 6.75. The van der Waals surface area contributed by atoms with Gasteiger partial charge in [0.05, 0.1) is 0 Å². The molecule has 2 aliphatic heterocycles. The molecule has 5 nitrogen and oxygen atoms in total. The highest BCUT2D eigenvalue weighted by atomic mass is 32.2. The number of piperazine rings is 1. The second kappa shape index (κ2) is 6.69. The molecule has 4 rings (SSSR count). The normalized spacial score (nSPS) is 20.3. The van der Waals surface area contributed by atoms with E-state index in [1.807, 2.05) is 11.8 Å². The molecule has 2 aromatic rings. The van der Waals surface area contributed by atoms with Crippen LogP contribution in [0.5, 0.6) is 0 Å². The van der Waals surface area contributed by atoms with Crippen molar-refractivity contribution in [1.29, 1.82) is 0 Å². The van der Waals surface area contributed by atoms with Gasteiger partial charge in [-0.1, -0.05) is 18.2 Å². The lowest BCUT2D eigenvalue weighted by atomic mass is 10.0. The van der Waals surface area contributed by atoms with Gasteiger partial charge in [0.25, 0.3) is 10.0 Å². The third-order valence-corrected chi connectivity index (χ3v) is 6.51. The highest BCUT2D eigenvalue weighted by Gasteiger charge is 2.33. The first-order chi connectivity index (χ1) is 12.9. The molecule has 1 unspecified atom stereocenters. The Bertz CT molecular complexity index is 1020. The van der Waals surface area contributed by atoms with Crippen molar-refractivity contribution in [2.45, 2.75) is 17.9 Å². The van der Waals surface area contributed by atoms with Crippen LogP contribution < -0.4 is 0 Å². The second-order valence-corrected chi connectivity index (χ2v) is 8.32. The Kier molecular flexibility index (Phi) is 4.47. The van der Waals surface area contributed by atoms with Crippen LogP contribution in [-0.4, -0.2) is 50.2 Å². The van der Waals surface area contributed by atoms with E-state index in [4.69, 9.17) is 0 Å². The third-order valence-electron chi connectivity index (χ3n) is 5.19. The zero-order valence-corrected chi connectivity index (χ0v) is 15.6. The van der Waals surface area contributed by atoms with Crippen molar-refractivity contribution < 1.29 is 17.2 Å². The first-order valence-corrected chi connectivity index (χ1v) is 10.2. The highest BCUT2D eigenvalue weighted by molar-refractivity contribution is 7.90. The summed E-state index contributed by atoms with van der Waals surface area (Å²) in [6.07, 6.45) is 0. The smallest absolute Gasteiger partial charge is 0.285 e. The monoisotopic (exact) mass is 391 g/mol. The van der Waals surface area contributed by atoms with Gasteiger partial charge in [0.15, 0.2) is 5.84 Å². The fourth-order valence-corrected chi connectivity index (χ4v) is 4.90. The van der Waals surface area contributed by atoms with Crippen LogP contribution in [0, 0.1) is 11.6 Å². The average molecular weight is 391 g/mol. The summed E-state index contributed by atoms with van der Waals surface area (Å²) in [5.41, 5.74) is 1.08. The highest BCUT2D eigenvalue weighted by Crippen LogP contribution is 2.29. The number of rotatable bonds is 2. The summed E-state index contributed by atoms with van der Waals surface area (Å²) in [6.45, 7) is 4.29. The zero-order valence-electron chi connectivity index (χ0n) is 14.8. The minimum atomic E-state index is -3.64. The van der Waals surface area contributed by atoms with Gasteiger partial charge < -0.3 is 4.90 Å². The molecular weight excluding hydrogens is 372 g/mol. The molecule has 2 heterocycles. The molecule has 0 amide bonds. The van der Waals surface area contributed by atoms with Crippen LogP contribution in [0.4, 0.5) is 8.78 Å². The van der Waals surface area contributed by atoms with E-state index in [0.29, 0.717) is 43.1 Å². The van der Waals surface area contributed by atoms with E-state index in [-0.39, 0.29) is 10.9 Å². The standard InChI is InChI=1S/C19H19F2N3O2S/c1-13(15-7-6-14(20)12-17(15)21)23-8-10-24(11-9-23)19-16-4-2-3-5-18(16)27(25,26)22-19/h2-7,12-13H,8-11H2,1H3. The van der Waals surface area contributed by atoms with Crippen molar-refractivity contribution in [2.24, 2.45) is 4.40 Å². The fraction of sp³-hybridized carbons (Fsp3) is 0.316. The van der Waals surface area contributed by atoms with Crippen molar-refractivity contribution in [3.63, 3.8) is 0 Å². The van der Waals surface area contributed by atoms with Crippen LogP contribution in [0.2, 0.25) is 0 Å². The van der Waals surface area contributed by atoms with Gasteiger partial charge in [0.1, 0.15) is 16.5 Å². The Hall–Kier alpha value is -2.32. The quantitative estimate of drug-likeness (QED) is 0.790. The van der Waals surface area contributed by atoms with E-state index in [1.54, 1.807) is 24.3 Å². The Morgan fingerprint density at radius 2 is 1.74 bits per heavy atom. The summed E-state index contributed by atoms with van der Waals surface area (Å²) in [5.74, 6) is -0.664. The Morgan fingerprint density at radius 1 is 1.04 bits per heavy atom. The van der Waals surface area contributed by atoms with E-state index in [1.165, 1.54) is 12.1 Å². The molecule has 0 spiro atoms. The molecule has 0 N–H and O–H groups in total. The SMILES string of the molecule is CC(c1ccc(F)cc1F)N1CCN(C2=NS(=O)(=O)c3ccccc32)CC1. The number of fused-ring (bicyclic) bond motifs is 1. The van der Waals surface area contributed by atoms with E-state index in [9.17, 15) is 17.2 Å². The average Bonchev–Trinajstić information content (AvgIpc) is 2.93. The van der Waals surface area contributed by atoms with E-state index >= 15 is 0 Å². The number of hydrogen-bond acceptors (Lipinski definition) is 4. The number of hydrogen-bond donors (Lipinski definition) is 0. The first kappa shape index (κ1) is 18.1. The van der Waals surface area contributed by atoms with Crippen LogP contribution in [-0.2, 0) is 10.0 Å². The summed E-state index contributed by atoms with van der Waals surface area (Å²) in [7, 11) is -3.64. The molecule has 0 saturated carbocycles. The molecule has 142 valence electrons. The summed E-state index contributed by atoms with van der Waals surface area (Å²) < 4.78 is 55.6. The summed E-state index contributed by atoms with van der Waals surface area (Å²) in [5, 5.41) is 0. The molecule has 2 aliphatic rings. The van der Waals surface area contributed by atoms with Gasteiger partial charge in [-0.05, 0) is 25.1 Å². The number of amidine groups is 1. The molecule has 0 bridgehead atoms. The summed E-state index contributed by atoms with van der Waals surface area (Å²) in [6, 6.07) is 10.3. The van der Waals surface area contributed by atoms with Crippen molar-refractivity contribution in [3.8, 4) is 0 Å². The van der Waals surface area contributed by atoms with Crippen molar-refractivity contribution in [1.82, 2.24) is 9.80 Å². The van der Waals surface area contributed by atoms with Gasteiger partial charge in [-0.2, -0.15) is 8.42 Å². The van der Waals surface area contributed by atoms with Crippen molar-refractivity contribution in [2.75, 3.05) is 26.2 Å². The zero-order chi connectivity index (χ0) is 19.2. The van der Waals surface area contributed by atoms with Crippen LogP contribution in [0.25, 0.3) is 0 Å². The van der Waals surface area contributed by atoms with Gasteiger partial charge in [-0.3, -0.25) is 4.90 Å². The minimum absolute atomic E-state index is 0.200. The van der Waals surface area contributed by atoms with Crippen LogP contribution >= 0.6 is 0 Å². The number of nitrogens with zero attached hydrogens (tertiary/aromatic N) is 3. The molecule has 8 heteroatoms. The Labute approximate surface area is 157 Å². The minimum Gasteiger partial charge on any atom is -0.353 e. The molecule has 0 radical (unpaired) electrons.